The molecule has 4 nitrogen and oxygen atoms in total. The second-order valence-corrected chi connectivity index (χ2v) is 3.31. The summed E-state index contributed by atoms with van der Waals surface area (Å²) in [4.78, 5) is 22.6. The quantitative estimate of drug-likeness (QED) is 0.758. The molecule has 0 saturated heterocycles. The number of nitrogens with zero attached hydrogens (tertiary/aromatic N) is 1. The highest BCUT2D eigenvalue weighted by Crippen LogP contribution is 2.14. The molecule has 0 spiro atoms. The zero-order chi connectivity index (χ0) is 11.0. The van der Waals surface area contributed by atoms with Crippen molar-refractivity contribution in [3.05, 3.63) is 46.4 Å². The molecule has 76 valence electrons. The molecule has 0 bridgehead atoms. The number of carboxylic acid groups (broad SMARTS) is 1. The van der Waals surface area contributed by atoms with Gasteiger partial charge in [0.1, 0.15) is 0 Å². The number of carbonyl (C=O) groups is 1. The minimum atomic E-state index is -1.03. The molecule has 0 amide bonds. The Balaban J connectivity index is 3.01. The number of benzene rings is 1. The molecule has 0 aliphatic carbocycles. The Morgan fingerprint density at radius 1 is 1.27 bits per heavy atom. The third-order valence-electron chi connectivity index (χ3n) is 2.32. The van der Waals surface area contributed by atoms with E-state index in [1.807, 2.05) is 0 Å². The van der Waals surface area contributed by atoms with Crippen molar-refractivity contribution < 1.29 is 9.90 Å². The lowest BCUT2D eigenvalue weighted by Gasteiger charge is -2.04. The van der Waals surface area contributed by atoms with Crippen LogP contribution in [0.2, 0.25) is 0 Å². The van der Waals surface area contributed by atoms with Gasteiger partial charge in [0.25, 0.3) is 5.56 Å². The number of hydrogen-bond donors (Lipinski definition) is 1. The Labute approximate surface area is 85.4 Å². The van der Waals surface area contributed by atoms with Gasteiger partial charge < -0.3 is 9.67 Å². The van der Waals surface area contributed by atoms with Crippen LogP contribution in [0.25, 0.3) is 10.8 Å². The van der Waals surface area contributed by atoms with Crippen LogP contribution in [0.4, 0.5) is 0 Å². The Morgan fingerprint density at radius 3 is 2.47 bits per heavy atom. The maximum Gasteiger partial charge on any atom is 0.337 e. The fourth-order valence-corrected chi connectivity index (χ4v) is 1.59. The molecule has 0 radical (unpaired) electrons. The average molecular weight is 203 g/mol. The number of aromatic nitrogens is 1. The van der Waals surface area contributed by atoms with E-state index in [2.05, 4.69) is 0 Å². The monoisotopic (exact) mass is 203 g/mol. The van der Waals surface area contributed by atoms with Crippen molar-refractivity contribution in [1.82, 2.24) is 4.57 Å². The maximum atomic E-state index is 11.7. The van der Waals surface area contributed by atoms with Crippen molar-refractivity contribution in [2.45, 2.75) is 0 Å². The van der Waals surface area contributed by atoms with E-state index in [4.69, 9.17) is 5.11 Å². The molecule has 2 rings (SSSR count). The van der Waals surface area contributed by atoms with E-state index in [9.17, 15) is 9.59 Å². The minimum Gasteiger partial charge on any atom is -0.478 e. The van der Waals surface area contributed by atoms with E-state index in [0.29, 0.717) is 10.8 Å². The lowest BCUT2D eigenvalue weighted by Crippen LogP contribution is -2.18. The van der Waals surface area contributed by atoms with Gasteiger partial charge >= 0.3 is 5.97 Å². The Morgan fingerprint density at radius 2 is 1.87 bits per heavy atom. The van der Waals surface area contributed by atoms with E-state index in [0.717, 1.165) is 0 Å². The van der Waals surface area contributed by atoms with Gasteiger partial charge in [-0.1, -0.05) is 18.2 Å². The lowest BCUT2D eigenvalue weighted by molar-refractivity contribution is 0.0698. The standard InChI is InChI=1S/C11H9NO3/c1-12-6-9(11(14)15)7-4-2-3-5-8(7)10(12)13/h2-6H,1H3,(H,14,15). The Bertz CT molecular complexity index is 598. The van der Waals surface area contributed by atoms with Crippen molar-refractivity contribution >= 4 is 16.7 Å². The smallest absolute Gasteiger partial charge is 0.337 e. The molecular weight excluding hydrogens is 194 g/mol. The first kappa shape index (κ1) is 9.45. The lowest BCUT2D eigenvalue weighted by atomic mass is 10.1. The van der Waals surface area contributed by atoms with E-state index in [-0.39, 0.29) is 11.1 Å². The summed E-state index contributed by atoms with van der Waals surface area (Å²) in [6.07, 6.45) is 1.34. The summed E-state index contributed by atoms with van der Waals surface area (Å²) in [6, 6.07) is 6.70. The number of aromatic carboxylic acids is 1. The summed E-state index contributed by atoms with van der Waals surface area (Å²) in [5.41, 5.74) is -0.0386. The molecule has 1 N–H and O–H groups in total. The summed E-state index contributed by atoms with van der Waals surface area (Å²) in [7, 11) is 1.54. The SMILES string of the molecule is Cn1cc(C(=O)O)c2ccccc2c1=O. The summed E-state index contributed by atoms with van der Waals surface area (Å²) in [5.74, 6) is -1.03. The minimum absolute atomic E-state index is 0.146. The zero-order valence-electron chi connectivity index (χ0n) is 8.10. The van der Waals surface area contributed by atoms with Crippen molar-refractivity contribution in [3.63, 3.8) is 0 Å². The average Bonchev–Trinajstić information content (AvgIpc) is 2.23. The van der Waals surface area contributed by atoms with Gasteiger partial charge in [-0.2, -0.15) is 0 Å². The summed E-state index contributed by atoms with van der Waals surface area (Å²) < 4.78 is 1.28. The van der Waals surface area contributed by atoms with Crippen LogP contribution in [0.1, 0.15) is 10.4 Å². The van der Waals surface area contributed by atoms with Gasteiger partial charge in [-0.25, -0.2) is 4.79 Å². The predicted octanol–water partition coefficient (Wildman–Crippen LogP) is 1.24. The number of fused-ring (bicyclic) bond motifs is 1. The fourth-order valence-electron chi connectivity index (χ4n) is 1.59. The first-order chi connectivity index (χ1) is 7.11. The molecule has 1 aromatic heterocycles. The van der Waals surface area contributed by atoms with E-state index in [1.165, 1.54) is 10.8 Å². The molecule has 2 aromatic rings. The van der Waals surface area contributed by atoms with Gasteiger partial charge in [0.2, 0.25) is 0 Å². The molecule has 4 heteroatoms. The number of carboxylic acids is 1. The highest BCUT2D eigenvalue weighted by Gasteiger charge is 2.11. The van der Waals surface area contributed by atoms with Crippen LogP contribution in [0.5, 0.6) is 0 Å². The largest absolute Gasteiger partial charge is 0.478 e. The second-order valence-electron chi connectivity index (χ2n) is 3.31. The predicted molar refractivity (Wildman–Crippen MR) is 56.1 cm³/mol. The number of aryl methyl sites for hydroxylation is 1. The van der Waals surface area contributed by atoms with E-state index >= 15 is 0 Å². The first-order valence-corrected chi connectivity index (χ1v) is 4.43. The number of hydrogen-bond acceptors (Lipinski definition) is 2. The molecule has 0 aliphatic heterocycles. The van der Waals surface area contributed by atoms with Crippen molar-refractivity contribution in [2.24, 2.45) is 7.05 Å². The van der Waals surface area contributed by atoms with Crippen LogP contribution in [0.15, 0.2) is 35.3 Å². The van der Waals surface area contributed by atoms with Gasteiger partial charge in [-0.15, -0.1) is 0 Å². The third kappa shape index (κ3) is 1.40. The Kier molecular flexibility index (Phi) is 2.04. The van der Waals surface area contributed by atoms with Crippen LogP contribution in [0.3, 0.4) is 0 Å². The molecule has 0 unspecified atom stereocenters. The maximum absolute atomic E-state index is 11.7. The van der Waals surface area contributed by atoms with Crippen LogP contribution < -0.4 is 5.56 Å². The first-order valence-electron chi connectivity index (χ1n) is 4.43. The third-order valence-corrected chi connectivity index (χ3v) is 2.32. The summed E-state index contributed by atoms with van der Waals surface area (Å²) in [6.45, 7) is 0. The van der Waals surface area contributed by atoms with Gasteiger partial charge in [0, 0.05) is 24.0 Å². The molecule has 0 aliphatic rings. The Hall–Kier alpha value is -2.10. The number of rotatable bonds is 1. The van der Waals surface area contributed by atoms with Crippen molar-refractivity contribution in [3.8, 4) is 0 Å². The van der Waals surface area contributed by atoms with Crippen LogP contribution in [-0.4, -0.2) is 15.6 Å². The van der Waals surface area contributed by atoms with Crippen molar-refractivity contribution in [2.75, 3.05) is 0 Å². The highest BCUT2D eigenvalue weighted by molar-refractivity contribution is 6.02. The van der Waals surface area contributed by atoms with E-state index < -0.39 is 5.97 Å². The molecular formula is C11H9NO3. The van der Waals surface area contributed by atoms with Gasteiger partial charge in [-0.05, 0) is 6.07 Å². The fraction of sp³-hybridized carbons (Fsp3) is 0.0909. The summed E-state index contributed by atoms with van der Waals surface area (Å²) >= 11 is 0. The van der Waals surface area contributed by atoms with Crippen molar-refractivity contribution in [1.29, 1.82) is 0 Å². The van der Waals surface area contributed by atoms with Gasteiger partial charge in [0.05, 0.1) is 5.56 Å². The molecule has 1 aromatic carbocycles. The zero-order valence-corrected chi connectivity index (χ0v) is 8.10. The van der Waals surface area contributed by atoms with Gasteiger partial charge in [0.15, 0.2) is 0 Å². The molecule has 1 heterocycles. The van der Waals surface area contributed by atoms with E-state index in [1.54, 1.807) is 31.3 Å². The van der Waals surface area contributed by atoms with Crippen LogP contribution >= 0.6 is 0 Å². The highest BCUT2D eigenvalue weighted by atomic mass is 16.4. The topological polar surface area (TPSA) is 59.3 Å². The van der Waals surface area contributed by atoms with Crippen LogP contribution in [0, 0.1) is 0 Å². The van der Waals surface area contributed by atoms with Gasteiger partial charge in [-0.3, -0.25) is 4.79 Å². The second kappa shape index (κ2) is 3.24. The van der Waals surface area contributed by atoms with Crippen LogP contribution in [-0.2, 0) is 7.05 Å². The number of pyridine rings is 1. The summed E-state index contributed by atoms with van der Waals surface area (Å²) in [5, 5.41) is 9.89. The molecule has 0 atom stereocenters. The molecule has 0 fully saturated rings. The molecule has 15 heavy (non-hydrogen) atoms. The molecule has 0 saturated carbocycles. The normalized spacial score (nSPS) is 10.5.